The van der Waals surface area contributed by atoms with Gasteiger partial charge in [0.2, 0.25) is 0 Å². The molecule has 0 N–H and O–H groups in total. The van der Waals surface area contributed by atoms with E-state index in [1.807, 2.05) is 0 Å². The Kier molecular flexibility index (Phi) is 6.99. The molecule has 49 heavy (non-hydrogen) atoms. The summed E-state index contributed by atoms with van der Waals surface area (Å²) >= 11 is 0. The number of nitrogens with zero attached hydrogens (tertiary/aromatic N) is 1. The number of rotatable bonds is 4. The van der Waals surface area contributed by atoms with Crippen molar-refractivity contribution in [3.05, 3.63) is 150 Å². The minimum absolute atomic E-state index is 0.0259. The van der Waals surface area contributed by atoms with Gasteiger partial charge < -0.3 is 9.32 Å². The van der Waals surface area contributed by atoms with Crippen LogP contribution in [0, 0.1) is 0 Å². The van der Waals surface area contributed by atoms with Gasteiger partial charge in [0, 0.05) is 27.5 Å². The van der Waals surface area contributed by atoms with Crippen molar-refractivity contribution in [1.82, 2.24) is 0 Å². The Bertz CT molecular complexity index is 2380. The molecule has 1 aliphatic rings. The van der Waals surface area contributed by atoms with E-state index in [1.165, 1.54) is 55.6 Å². The van der Waals surface area contributed by atoms with E-state index >= 15 is 0 Å². The summed E-state index contributed by atoms with van der Waals surface area (Å²) in [6, 6.07) is 46.7. The molecule has 7 aromatic rings. The van der Waals surface area contributed by atoms with Gasteiger partial charge in [-0.1, -0.05) is 152 Å². The molecule has 0 amide bonds. The molecule has 2 heteroatoms. The van der Waals surface area contributed by atoms with E-state index < -0.39 is 0 Å². The normalized spacial score (nSPS) is 13.9. The van der Waals surface area contributed by atoms with Crippen LogP contribution >= 0.6 is 0 Å². The first-order valence-electron chi connectivity index (χ1n) is 17.5. The number of benzene rings is 6. The minimum Gasteiger partial charge on any atom is -0.456 e. The summed E-state index contributed by atoms with van der Waals surface area (Å²) in [6.45, 7) is 18.5. The van der Waals surface area contributed by atoms with Crippen LogP contribution in [0.15, 0.2) is 132 Å². The van der Waals surface area contributed by atoms with Gasteiger partial charge >= 0.3 is 0 Å². The minimum atomic E-state index is -0.121. The van der Waals surface area contributed by atoms with E-state index in [1.54, 1.807) is 0 Å². The molecule has 2 nitrogen and oxygen atoms in total. The van der Waals surface area contributed by atoms with Gasteiger partial charge in [0.1, 0.15) is 11.2 Å². The Balaban J connectivity index is 1.53. The summed E-state index contributed by atoms with van der Waals surface area (Å²) in [5.41, 5.74) is 15.3. The maximum atomic E-state index is 6.91. The molecule has 1 aromatic heterocycles. The molecule has 0 radical (unpaired) electrons. The molecular weight excluding hydrogens is 595 g/mol. The molecule has 0 atom stereocenters. The number of hydrogen-bond acceptors (Lipinski definition) is 2. The summed E-state index contributed by atoms with van der Waals surface area (Å²) in [7, 11) is 0. The molecule has 0 bridgehead atoms. The van der Waals surface area contributed by atoms with Crippen molar-refractivity contribution in [1.29, 1.82) is 0 Å². The first kappa shape index (κ1) is 31.2. The second kappa shape index (κ2) is 11.0. The smallest absolute Gasteiger partial charge is 0.139 e. The van der Waals surface area contributed by atoms with E-state index in [-0.39, 0.29) is 16.2 Å². The third-order valence-corrected chi connectivity index (χ3v) is 10.5. The van der Waals surface area contributed by atoms with Gasteiger partial charge in [-0.2, -0.15) is 0 Å². The molecule has 0 fully saturated rings. The molecular formula is C47H45NO. The summed E-state index contributed by atoms with van der Waals surface area (Å²) in [5.74, 6) is 0. The number of furan rings is 1. The lowest BCUT2D eigenvalue weighted by Gasteiger charge is -2.31. The third kappa shape index (κ3) is 4.92. The molecule has 1 heterocycles. The van der Waals surface area contributed by atoms with Crippen molar-refractivity contribution >= 4 is 39.0 Å². The second-order valence-corrected chi connectivity index (χ2v) is 16.2. The fraction of sp³-hybridized carbons (Fsp3) is 0.234. The first-order valence-corrected chi connectivity index (χ1v) is 17.5. The fourth-order valence-corrected chi connectivity index (χ4v) is 7.93. The van der Waals surface area contributed by atoms with E-state index in [0.29, 0.717) is 0 Å². The number of fused-ring (bicyclic) bond motifs is 6. The van der Waals surface area contributed by atoms with Crippen LogP contribution in [-0.2, 0) is 16.2 Å². The molecule has 244 valence electrons. The van der Waals surface area contributed by atoms with E-state index in [9.17, 15) is 0 Å². The summed E-state index contributed by atoms with van der Waals surface area (Å²) < 4.78 is 6.91. The van der Waals surface area contributed by atoms with Crippen LogP contribution in [0.5, 0.6) is 0 Å². The zero-order valence-electron chi connectivity index (χ0n) is 30.0. The highest BCUT2D eigenvalue weighted by Crippen LogP contribution is 2.56. The van der Waals surface area contributed by atoms with Gasteiger partial charge in [0.15, 0.2) is 0 Å². The molecule has 6 aromatic carbocycles. The zero-order chi connectivity index (χ0) is 34.3. The van der Waals surface area contributed by atoms with E-state index in [2.05, 4.69) is 188 Å². The Morgan fingerprint density at radius 2 is 1.16 bits per heavy atom. The number of anilines is 3. The topological polar surface area (TPSA) is 16.4 Å². The average molecular weight is 640 g/mol. The van der Waals surface area contributed by atoms with Crippen LogP contribution in [0.4, 0.5) is 17.1 Å². The molecule has 8 rings (SSSR count). The van der Waals surface area contributed by atoms with Crippen LogP contribution < -0.4 is 4.90 Å². The largest absolute Gasteiger partial charge is 0.456 e. The Labute approximate surface area is 291 Å². The van der Waals surface area contributed by atoms with Crippen LogP contribution in [0.25, 0.3) is 44.2 Å². The molecule has 0 saturated heterocycles. The molecule has 0 unspecified atom stereocenters. The standard InChI is InChI=1S/C47H45NO/c1-45(2,3)31-28-34-43-40(26-17-27-41(43)49-44(34)37(29-31)46(4,5)6)48(38-24-15-13-20-32(38)30-18-10-9-11-19-30)39-25-16-23-36-42(39)33-21-12-14-22-35(33)47(36,7)8/h9-29H,1-8H3. The van der Waals surface area contributed by atoms with Crippen molar-refractivity contribution in [2.24, 2.45) is 0 Å². The van der Waals surface area contributed by atoms with Crippen molar-refractivity contribution in [3.63, 3.8) is 0 Å². The lowest BCUT2D eigenvalue weighted by atomic mass is 9.79. The van der Waals surface area contributed by atoms with Gasteiger partial charge in [-0.05, 0) is 69.0 Å². The van der Waals surface area contributed by atoms with Gasteiger partial charge in [-0.15, -0.1) is 0 Å². The van der Waals surface area contributed by atoms with Crippen molar-refractivity contribution in [2.45, 2.75) is 71.6 Å². The Morgan fingerprint density at radius 3 is 1.90 bits per heavy atom. The second-order valence-electron chi connectivity index (χ2n) is 16.2. The van der Waals surface area contributed by atoms with Crippen molar-refractivity contribution in [3.8, 4) is 22.3 Å². The highest BCUT2D eigenvalue weighted by atomic mass is 16.3. The zero-order valence-corrected chi connectivity index (χ0v) is 30.0. The Morgan fingerprint density at radius 1 is 0.551 bits per heavy atom. The first-order chi connectivity index (χ1) is 23.4. The lowest BCUT2D eigenvalue weighted by Crippen LogP contribution is -2.17. The van der Waals surface area contributed by atoms with Gasteiger partial charge in [-0.25, -0.2) is 0 Å². The predicted octanol–water partition coefficient (Wildman–Crippen LogP) is 13.6. The summed E-state index contributed by atoms with van der Waals surface area (Å²) in [6.07, 6.45) is 0. The quantitative estimate of drug-likeness (QED) is 0.191. The van der Waals surface area contributed by atoms with Gasteiger partial charge in [-0.3, -0.25) is 0 Å². The molecule has 0 spiro atoms. The molecule has 0 aliphatic heterocycles. The van der Waals surface area contributed by atoms with Crippen LogP contribution in [0.1, 0.15) is 77.6 Å². The fourth-order valence-electron chi connectivity index (χ4n) is 7.93. The van der Waals surface area contributed by atoms with Gasteiger partial charge in [0.05, 0.1) is 22.4 Å². The Hall–Kier alpha value is -5.08. The molecule has 1 aliphatic carbocycles. The maximum Gasteiger partial charge on any atom is 0.139 e. The highest BCUT2D eigenvalue weighted by Gasteiger charge is 2.38. The summed E-state index contributed by atoms with van der Waals surface area (Å²) in [5, 5.41) is 2.30. The average Bonchev–Trinajstić information content (AvgIpc) is 3.57. The van der Waals surface area contributed by atoms with Crippen LogP contribution in [0.3, 0.4) is 0 Å². The monoisotopic (exact) mass is 639 g/mol. The van der Waals surface area contributed by atoms with Crippen LogP contribution in [0.2, 0.25) is 0 Å². The highest BCUT2D eigenvalue weighted by molar-refractivity contribution is 6.15. The third-order valence-electron chi connectivity index (χ3n) is 10.5. The number of hydrogen-bond donors (Lipinski definition) is 0. The molecule has 0 saturated carbocycles. The maximum absolute atomic E-state index is 6.91. The van der Waals surface area contributed by atoms with Gasteiger partial charge in [0.25, 0.3) is 0 Å². The van der Waals surface area contributed by atoms with E-state index in [0.717, 1.165) is 27.9 Å². The van der Waals surface area contributed by atoms with E-state index in [4.69, 9.17) is 4.42 Å². The summed E-state index contributed by atoms with van der Waals surface area (Å²) in [4.78, 5) is 2.51. The predicted molar refractivity (Wildman–Crippen MR) is 209 cm³/mol. The van der Waals surface area contributed by atoms with Crippen molar-refractivity contribution < 1.29 is 4.42 Å². The van der Waals surface area contributed by atoms with Crippen LogP contribution in [-0.4, -0.2) is 0 Å². The van der Waals surface area contributed by atoms with Crippen molar-refractivity contribution in [2.75, 3.05) is 4.90 Å². The lowest BCUT2D eigenvalue weighted by molar-refractivity contribution is 0.559. The number of para-hydroxylation sites is 1. The SMILES string of the molecule is CC(C)(C)c1cc(C(C)(C)C)c2oc3cccc(N(c4ccccc4-c4ccccc4)c4cccc5c4-c4ccccc4C5(C)C)c3c2c1.